The van der Waals surface area contributed by atoms with Crippen LogP contribution in [-0.2, 0) is 0 Å². The first-order valence-corrected chi connectivity index (χ1v) is 6.66. The average Bonchev–Trinajstić information content (AvgIpc) is 2.38. The lowest BCUT2D eigenvalue weighted by Crippen LogP contribution is -1.83. The molecule has 88 valence electrons. The highest BCUT2D eigenvalue weighted by Crippen LogP contribution is 2.22. The van der Waals surface area contributed by atoms with Gasteiger partial charge in [0.05, 0.1) is 7.11 Å². The molecule has 2 rings (SSSR count). The predicted octanol–water partition coefficient (Wildman–Crippen LogP) is 4.65. The van der Waals surface area contributed by atoms with Crippen molar-refractivity contribution in [2.24, 2.45) is 0 Å². The van der Waals surface area contributed by atoms with Gasteiger partial charge in [0.15, 0.2) is 0 Å². The van der Waals surface area contributed by atoms with Crippen LogP contribution in [0.4, 0.5) is 0 Å². The van der Waals surface area contributed by atoms with Crippen molar-refractivity contribution in [1.29, 1.82) is 0 Å². The molecule has 1 nitrogen and oxygen atoms in total. The summed E-state index contributed by atoms with van der Waals surface area (Å²) < 4.78 is 5.22. The van der Waals surface area contributed by atoms with Crippen LogP contribution in [0.2, 0.25) is 0 Å². The van der Waals surface area contributed by atoms with Crippen LogP contribution in [0.3, 0.4) is 0 Å². The molecule has 0 bridgehead atoms. The van der Waals surface area contributed by atoms with E-state index in [0.717, 1.165) is 11.1 Å². The number of fused-ring (bicyclic) bond motifs is 1. The van der Waals surface area contributed by atoms with Crippen molar-refractivity contribution < 1.29 is 4.74 Å². The zero-order valence-corrected chi connectivity index (χ0v) is 11.6. The first-order valence-electron chi connectivity index (χ1n) is 5.54. The highest BCUT2D eigenvalue weighted by atomic mass is 79.9. The first kappa shape index (κ1) is 12.2. The topological polar surface area (TPSA) is 9.23 Å². The Hall–Kier alpha value is -1.28. The second-order valence-corrected chi connectivity index (χ2v) is 4.66. The van der Waals surface area contributed by atoms with Crippen molar-refractivity contribution in [3.63, 3.8) is 0 Å². The maximum Gasteiger partial charge on any atom is 0.119 e. The molecule has 0 saturated carbocycles. The summed E-state index contributed by atoms with van der Waals surface area (Å²) in [5.74, 6) is 0.900. The number of ether oxygens (including phenoxy) is 1. The number of benzene rings is 2. The number of hydrogen-bond acceptors (Lipinski definition) is 1. The largest absolute Gasteiger partial charge is 0.497 e. The van der Waals surface area contributed by atoms with E-state index in [2.05, 4.69) is 59.3 Å². The summed E-state index contributed by atoms with van der Waals surface area (Å²) >= 11 is 3.46. The van der Waals surface area contributed by atoms with E-state index in [4.69, 9.17) is 4.74 Å². The van der Waals surface area contributed by atoms with Gasteiger partial charge in [-0.05, 0) is 41.5 Å². The van der Waals surface area contributed by atoms with E-state index in [1.54, 1.807) is 7.11 Å². The molecule has 0 spiro atoms. The number of hydrogen-bond donors (Lipinski definition) is 0. The molecule has 2 aromatic carbocycles. The van der Waals surface area contributed by atoms with Gasteiger partial charge in [-0.25, -0.2) is 0 Å². The second-order valence-electron chi connectivity index (χ2n) is 4.10. The monoisotopic (exact) mass is 290 g/mol. The number of halogens is 1. The summed E-state index contributed by atoms with van der Waals surface area (Å²) in [6.45, 7) is 2.12. The Morgan fingerprint density at radius 3 is 2.59 bits per heavy atom. The van der Waals surface area contributed by atoms with Crippen molar-refractivity contribution >= 4 is 32.8 Å². The molecule has 2 heteroatoms. The van der Waals surface area contributed by atoms with Crippen LogP contribution >= 0.6 is 15.9 Å². The minimum absolute atomic E-state index is 0.900. The molecule has 0 saturated heterocycles. The number of alkyl halides is 1. The number of allylic oxidation sites excluding steroid dienone is 1. The molecule has 17 heavy (non-hydrogen) atoms. The summed E-state index contributed by atoms with van der Waals surface area (Å²) in [5.41, 5.74) is 2.55. The van der Waals surface area contributed by atoms with Gasteiger partial charge in [-0.15, -0.1) is 0 Å². The normalized spacial score (nSPS) is 11.8. The molecule has 0 heterocycles. The summed E-state index contributed by atoms with van der Waals surface area (Å²) in [5, 5.41) is 3.35. The van der Waals surface area contributed by atoms with Gasteiger partial charge in [0, 0.05) is 5.33 Å². The van der Waals surface area contributed by atoms with Gasteiger partial charge in [0.25, 0.3) is 0 Å². The fraction of sp³-hybridized carbons (Fsp3) is 0.200. The van der Waals surface area contributed by atoms with E-state index in [9.17, 15) is 0 Å². The Labute approximate surface area is 110 Å². The molecule has 0 atom stereocenters. The highest BCUT2D eigenvalue weighted by Gasteiger charge is 1.97. The van der Waals surface area contributed by atoms with Crippen molar-refractivity contribution in [2.45, 2.75) is 6.92 Å². The minimum Gasteiger partial charge on any atom is -0.497 e. The summed E-state index contributed by atoms with van der Waals surface area (Å²) in [6, 6.07) is 12.6. The Morgan fingerprint density at radius 2 is 1.88 bits per heavy atom. The third-order valence-corrected chi connectivity index (χ3v) is 3.58. The lowest BCUT2D eigenvalue weighted by molar-refractivity contribution is 0.415. The summed E-state index contributed by atoms with van der Waals surface area (Å²) in [7, 11) is 1.69. The van der Waals surface area contributed by atoms with Gasteiger partial charge >= 0.3 is 0 Å². The third kappa shape index (κ3) is 2.89. The lowest BCUT2D eigenvalue weighted by atomic mass is 10.1. The summed E-state index contributed by atoms with van der Waals surface area (Å²) in [4.78, 5) is 0. The maximum atomic E-state index is 5.22. The molecular formula is C15H15BrO. The first-order chi connectivity index (χ1) is 8.22. The van der Waals surface area contributed by atoms with Crippen molar-refractivity contribution in [3.05, 3.63) is 47.5 Å². The third-order valence-electron chi connectivity index (χ3n) is 2.70. The fourth-order valence-corrected chi connectivity index (χ4v) is 1.94. The van der Waals surface area contributed by atoms with E-state index in [1.807, 2.05) is 6.07 Å². The zero-order chi connectivity index (χ0) is 12.3. The van der Waals surface area contributed by atoms with Crippen molar-refractivity contribution in [1.82, 2.24) is 0 Å². The summed E-state index contributed by atoms with van der Waals surface area (Å²) in [6.07, 6.45) is 2.19. The predicted molar refractivity (Wildman–Crippen MR) is 77.9 cm³/mol. The zero-order valence-electron chi connectivity index (χ0n) is 10.0. The lowest BCUT2D eigenvalue weighted by Gasteiger charge is -2.04. The smallest absolute Gasteiger partial charge is 0.119 e. The fourth-order valence-electron chi connectivity index (χ4n) is 1.78. The van der Waals surface area contributed by atoms with E-state index < -0.39 is 0 Å². The molecule has 0 amide bonds. The highest BCUT2D eigenvalue weighted by molar-refractivity contribution is 9.09. The van der Waals surface area contributed by atoms with Gasteiger partial charge in [-0.3, -0.25) is 0 Å². The molecule has 2 aromatic rings. The molecular weight excluding hydrogens is 276 g/mol. The number of rotatable bonds is 3. The van der Waals surface area contributed by atoms with Crippen LogP contribution in [0.15, 0.2) is 42.0 Å². The molecule has 0 radical (unpaired) electrons. The van der Waals surface area contributed by atoms with Gasteiger partial charge in [0.1, 0.15) is 5.75 Å². The molecule has 0 fully saturated rings. The van der Waals surface area contributed by atoms with Gasteiger partial charge in [-0.1, -0.05) is 45.8 Å². The molecule has 0 aromatic heterocycles. The van der Waals surface area contributed by atoms with Gasteiger partial charge in [-0.2, -0.15) is 0 Å². The standard InChI is InChI=1S/C15H15BrO/c1-11(10-16)7-12-3-4-14-9-15(17-2)6-5-13(14)8-12/h3-9H,10H2,1-2H3. The van der Waals surface area contributed by atoms with Gasteiger partial charge in [0.2, 0.25) is 0 Å². The SMILES string of the molecule is COc1ccc2cc(C=C(C)CBr)ccc2c1. The minimum atomic E-state index is 0.900. The number of methoxy groups -OCH3 is 1. The molecule has 0 unspecified atom stereocenters. The van der Waals surface area contributed by atoms with Crippen LogP contribution in [0.5, 0.6) is 5.75 Å². The van der Waals surface area contributed by atoms with Crippen LogP contribution in [0, 0.1) is 0 Å². The van der Waals surface area contributed by atoms with Gasteiger partial charge < -0.3 is 4.74 Å². The quantitative estimate of drug-likeness (QED) is 0.748. The molecule has 0 aliphatic carbocycles. The Bertz CT molecular complexity index is 558. The molecule has 0 aliphatic heterocycles. The second kappa shape index (κ2) is 5.37. The Balaban J connectivity index is 2.45. The van der Waals surface area contributed by atoms with E-state index in [-0.39, 0.29) is 0 Å². The van der Waals surface area contributed by atoms with Crippen LogP contribution in [0.25, 0.3) is 16.8 Å². The maximum absolute atomic E-state index is 5.22. The van der Waals surface area contributed by atoms with E-state index >= 15 is 0 Å². The average molecular weight is 291 g/mol. The molecule has 0 aliphatic rings. The van der Waals surface area contributed by atoms with Crippen LogP contribution in [0.1, 0.15) is 12.5 Å². The van der Waals surface area contributed by atoms with Crippen LogP contribution in [-0.4, -0.2) is 12.4 Å². The van der Waals surface area contributed by atoms with Crippen molar-refractivity contribution in [2.75, 3.05) is 12.4 Å². The van der Waals surface area contributed by atoms with E-state index in [0.29, 0.717) is 0 Å². The van der Waals surface area contributed by atoms with Crippen molar-refractivity contribution in [3.8, 4) is 5.75 Å². The Kier molecular flexibility index (Phi) is 3.85. The van der Waals surface area contributed by atoms with Crippen LogP contribution < -0.4 is 4.74 Å². The van der Waals surface area contributed by atoms with E-state index in [1.165, 1.54) is 21.9 Å². The molecule has 0 N–H and O–H groups in total. The Morgan fingerprint density at radius 1 is 1.18 bits per heavy atom.